The summed E-state index contributed by atoms with van der Waals surface area (Å²) in [5, 5.41) is 18.7. The number of carbonyl (C=O) groups is 2. The number of hydrogen-bond donors (Lipinski definition) is 2. The first-order valence-corrected chi connectivity index (χ1v) is 6.43. The van der Waals surface area contributed by atoms with Gasteiger partial charge in [-0.15, -0.1) is 0 Å². The van der Waals surface area contributed by atoms with E-state index in [1.807, 2.05) is 0 Å². The van der Waals surface area contributed by atoms with Crippen molar-refractivity contribution in [3.8, 4) is 5.75 Å². The summed E-state index contributed by atoms with van der Waals surface area (Å²) in [7, 11) is 0. The Morgan fingerprint density at radius 2 is 1.57 bits per heavy atom. The number of hydrogen-bond acceptors (Lipinski definition) is 3. The fourth-order valence-corrected chi connectivity index (χ4v) is 1.92. The molecule has 0 aliphatic carbocycles. The van der Waals surface area contributed by atoms with Gasteiger partial charge in [-0.3, -0.25) is 14.5 Å². The number of rotatable bonds is 4. The molecule has 0 unspecified atom stereocenters. The molecule has 2 rings (SSSR count). The van der Waals surface area contributed by atoms with Crippen molar-refractivity contribution >= 4 is 29.2 Å². The average molecular weight is 306 g/mol. The van der Waals surface area contributed by atoms with Gasteiger partial charge in [0.15, 0.2) is 0 Å². The predicted molar refractivity (Wildman–Crippen MR) is 78.9 cm³/mol. The number of phenols is 1. The van der Waals surface area contributed by atoms with Crippen LogP contribution in [0.3, 0.4) is 0 Å². The molecule has 0 aliphatic rings. The SMILES string of the molecule is O=C(O)CN(C(=O)c1ccc(O)cc1)c1ccc(Cl)cc1. The monoisotopic (exact) mass is 305 g/mol. The fraction of sp³-hybridized carbons (Fsp3) is 0.0667. The topological polar surface area (TPSA) is 77.8 Å². The van der Waals surface area contributed by atoms with E-state index >= 15 is 0 Å². The zero-order valence-corrected chi connectivity index (χ0v) is 11.6. The van der Waals surface area contributed by atoms with E-state index in [0.717, 1.165) is 4.90 Å². The Morgan fingerprint density at radius 3 is 2.10 bits per heavy atom. The summed E-state index contributed by atoms with van der Waals surface area (Å²) in [6, 6.07) is 11.9. The van der Waals surface area contributed by atoms with Crippen LogP contribution in [-0.4, -0.2) is 28.6 Å². The third kappa shape index (κ3) is 3.73. The van der Waals surface area contributed by atoms with Crippen molar-refractivity contribution in [2.45, 2.75) is 0 Å². The summed E-state index contributed by atoms with van der Waals surface area (Å²) in [5.74, 6) is -1.57. The lowest BCUT2D eigenvalue weighted by Gasteiger charge is -2.21. The molecule has 0 bridgehead atoms. The molecule has 2 aromatic carbocycles. The van der Waals surface area contributed by atoms with Crippen LogP contribution in [0.4, 0.5) is 5.69 Å². The fourth-order valence-electron chi connectivity index (χ4n) is 1.80. The lowest BCUT2D eigenvalue weighted by Crippen LogP contribution is -2.35. The minimum Gasteiger partial charge on any atom is -0.508 e. The van der Waals surface area contributed by atoms with Crippen LogP contribution in [0.15, 0.2) is 48.5 Å². The second-order valence-electron chi connectivity index (χ2n) is 4.31. The number of aromatic hydroxyl groups is 1. The zero-order valence-electron chi connectivity index (χ0n) is 10.9. The van der Waals surface area contributed by atoms with Crippen molar-refractivity contribution in [3.05, 3.63) is 59.1 Å². The molecule has 5 nitrogen and oxygen atoms in total. The molecule has 108 valence electrons. The highest BCUT2D eigenvalue weighted by atomic mass is 35.5. The summed E-state index contributed by atoms with van der Waals surface area (Å²) in [5.41, 5.74) is 0.712. The summed E-state index contributed by atoms with van der Waals surface area (Å²) < 4.78 is 0. The molecule has 0 fully saturated rings. The van der Waals surface area contributed by atoms with Crippen molar-refractivity contribution in [1.82, 2.24) is 0 Å². The largest absolute Gasteiger partial charge is 0.508 e. The second-order valence-corrected chi connectivity index (χ2v) is 4.74. The zero-order chi connectivity index (χ0) is 15.4. The number of amides is 1. The highest BCUT2D eigenvalue weighted by molar-refractivity contribution is 6.30. The Labute approximate surface area is 126 Å². The van der Waals surface area contributed by atoms with Gasteiger partial charge in [0.05, 0.1) is 0 Å². The van der Waals surface area contributed by atoms with Crippen molar-refractivity contribution in [2.75, 3.05) is 11.4 Å². The predicted octanol–water partition coefficient (Wildman–Crippen LogP) is 2.78. The number of aliphatic carboxylic acids is 1. The number of phenolic OH excluding ortho intramolecular Hbond substituents is 1. The van der Waals surface area contributed by atoms with Gasteiger partial charge >= 0.3 is 5.97 Å². The van der Waals surface area contributed by atoms with Crippen LogP contribution in [0.25, 0.3) is 0 Å². The smallest absolute Gasteiger partial charge is 0.323 e. The van der Waals surface area contributed by atoms with Crippen LogP contribution >= 0.6 is 11.6 Å². The van der Waals surface area contributed by atoms with Crippen molar-refractivity contribution in [2.24, 2.45) is 0 Å². The molecule has 0 aliphatic heterocycles. The lowest BCUT2D eigenvalue weighted by atomic mass is 10.1. The summed E-state index contributed by atoms with van der Waals surface area (Å²) in [6.45, 7) is -0.471. The molecule has 0 saturated carbocycles. The van der Waals surface area contributed by atoms with Gasteiger partial charge in [0.25, 0.3) is 5.91 Å². The van der Waals surface area contributed by atoms with Gasteiger partial charge in [-0.05, 0) is 48.5 Å². The molecular formula is C15H12ClNO4. The number of halogens is 1. The Bertz CT molecular complexity index is 652. The molecule has 0 heterocycles. The minimum absolute atomic E-state index is 0.0304. The number of carboxylic acid groups (broad SMARTS) is 1. The molecule has 21 heavy (non-hydrogen) atoms. The minimum atomic E-state index is -1.13. The number of carbonyl (C=O) groups excluding carboxylic acids is 1. The lowest BCUT2D eigenvalue weighted by molar-refractivity contribution is -0.135. The van der Waals surface area contributed by atoms with E-state index in [0.29, 0.717) is 10.7 Å². The van der Waals surface area contributed by atoms with E-state index in [4.69, 9.17) is 16.7 Å². The van der Waals surface area contributed by atoms with E-state index in [1.54, 1.807) is 24.3 Å². The van der Waals surface area contributed by atoms with Crippen LogP contribution in [0.2, 0.25) is 5.02 Å². The quantitative estimate of drug-likeness (QED) is 0.910. The molecular weight excluding hydrogens is 294 g/mol. The molecule has 0 radical (unpaired) electrons. The summed E-state index contributed by atoms with van der Waals surface area (Å²) in [6.07, 6.45) is 0. The third-order valence-corrected chi connectivity index (χ3v) is 3.04. The highest BCUT2D eigenvalue weighted by Crippen LogP contribution is 2.21. The van der Waals surface area contributed by atoms with E-state index in [-0.39, 0.29) is 11.3 Å². The van der Waals surface area contributed by atoms with Gasteiger partial charge < -0.3 is 10.2 Å². The average Bonchev–Trinajstić information content (AvgIpc) is 2.46. The molecule has 0 saturated heterocycles. The maximum atomic E-state index is 12.4. The highest BCUT2D eigenvalue weighted by Gasteiger charge is 2.20. The van der Waals surface area contributed by atoms with Gasteiger partial charge in [-0.25, -0.2) is 0 Å². The first-order valence-electron chi connectivity index (χ1n) is 6.05. The van der Waals surface area contributed by atoms with Crippen LogP contribution in [0.5, 0.6) is 5.75 Å². The number of benzene rings is 2. The molecule has 0 atom stereocenters. The van der Waals surface area contributed by atoms with Crippen LogP contribution in [0.1, 0.15) is 10.4 Å². The molecule has 2 N–H and O–H groups in total. The molecule has 1 amide bonds. The van der Waals surface area contributed by atoms with E-state index in [2.05, 4.69) is 0 Å². The van der Waals surface area contributed by atoms with E-state index in [1.165, 1.54) is 24.3 Å². The molecule has 2 aromatic rings. The van der Waals surface area contributed by atoms with Gasteiger partial charge in [-0.1, -0.05) is 11.6 Å². The van der Waals surface area contributed by atoms with Crippen molar-refractivity contribution in [3.63, 3.8) is 0 Å². The Balaban J connectivity index is 2.35. The van der Waals surface area contributed by atoms with Gasteiger partial charge in [-0.2, -0.15) is 0 Å². The standard InChI is InChI=1S/C15H12ClNO4/c16-11-3-5-12(6-4-11)17(9-14(19)20)15(21)10-1-7-13(18)8-2-10/h1-8,18H,9H2,(H,19,20). The first-order chi connectivity index (χ1) is 9.97. The van der Waals surface area contributed by atoms with Gasteiger partial charge in [0.2, 0.25) is 0 Å². The first kappa shape index (κ1) is 14.9. The summed E-state index contributed by atoms with van der Waals surface area (Å²) in [4.78, 5) is 24.5. The molecule has 0 spiro atoms. The maximum absolute atomic E-state index is 12.4. The number of anilines is 1. The van der Waals surface area contributed by atoms with Crippen molar-refractivity contribution in [1.29, 1.82) is 0 Å². The van der Waals surface area contributed by atoms with Crippen LogP contribution in [-0.2, 0) is 4.79 Å². The number of nitrogens with zero attached hydrogens (tertiary/aromatic N) is 1. The van der Waals surface area contributed by atoms with Gasteiger partial charge in [0, 0.05) is 16.3 Å². The Kier molecular flexibility index (Phi) is 4.45. The molecule has 6 heteroatoms. The Hall–Kier alpha value is -2.53. The van der Waals surface area contributed by atoms with Gasteiger partial charge in [0.1, 0.15) is 12.3 Å². The van der Waals surface area contributed by atoms with E-state index < -0.39 is 18.4 Å². The van der Waals surface area contributed by atoms with Crippen molar-refractivity contribution < 1.29 is 19.8 Å². The normalized spacial score (nSPS) is 10.1. The summed E-state index contributed by atoms with van der Waals surface area (Å²) >= 11 is 5.79. The van der Waals surface area contributed by atoms with Crippen LogP contribution < -0.4 is 4.90 Å². The van der Waals surface area contributed by atoms with Crippen LogP contribution in [0, 0.1) is 0 Å². The maximum Gasteiger partial charge on any atom is 0.323 e. The number of carboxylic acids is 1. The van der Waals surface area contributed by atoms with E-state index in [9.17, 15) is 14.7 Å². The second kappa shape index (κ2) is 6.28. The Morgan fingerprint density at radius 1 is 1.00 bits per heavy atom. The molecule has 0 aromatic heterocycles. The third-order valence-electron chi connectivity index (χ3n) is 2.79.